The Bertz CT molecular complexity index is 588. The van der Waals surface area contributed by atoms with E-state index in [-0.39, 0.29) is 22.5 Å². The zero-order chi connectivity index (χ0) is 11.7. The van der Waals surface area contributed by atoms with E-state index in [0.29, 0.717) is 5.56 Å². The maximum Gasteiger partial charge on any atom is 0.230 e. The second-order valence-electron chi connectivity index (χ2n) is 2.97. The Morgan fingerprint density at radius 2 is 2.25 bits per heavy atom. The SMILES string of the molecule is N#Cc1nc(-c2ccc(F)c(Cl)c2)oc1N. The number of hydrogen-bond donors (Lipinski definition) is 1. The van der Waals surface area contributed by atoms with Gasteiger partial charge >= 0.3 is 0 Å². The number of nitrogens with two attached hydrogens (primary N) is 1. The smallest absolute Gasteiger partial charge is 0.230 e. The minimum atomic E-state index is -0.537. The first-order chi connectivity index (χ1) is 7.61. The van der Waals surface area contributed by atoms with Crippen LogP contribution in [0.25, 0.3) is 11.5 Å². The average Bonchev–Trinajstić information content (AvgIpc) is 2.64. The minimum absolute atomic E-state index is 0.00422. The van der Waals surface area contributed by atoms with Crippen LogP contribution >= 0.6 is 11.6 Å². The number of nitriles is 1. The first kappa shape index (κ1) is 10.5. The quantitative estimate of drug-likeness (QED) is 0.827. The lowest BCUT2D eigenvalue weighted by molar-refractivity contribution is 0.592. The Hall–Kier alpha value is -2.06. The van der Waals surface area contributed by atoms with Gasteiger partial charge < -0.3 is 10.2 Å². The van der Waals surface area contributed by atoms with Gasteiger partial charge in [0.1, 0.15) is 11.9 Å². The molecule has 2 aromatic rings. The van der Waals surface area contributed by atoms with Crippen molar-refractivity contribution in [3.8, 4) is 17.5 Å². The van der Waals surface area contributed by atoms with Gasteiger partial charge in [-0.3, -0.25) is 0 Å². The van der Waals surface area contributed by atoms with Crippen LogP contribution in [0.4, 0.5) is 10.3 Å². The van der Waals surface area contributed by atoms with E-state index in [1.807, 2.05) is 0 Å². The molecule has 0 aliphatic heterocycles. The highest BCUT2D eigenvalue weighted by Gasteiger charge is 2.12. The summed E-state index contributed by atoms with van der Waals surface area (Å²) in [6, 6.07) is 5.75. The fraction of sp³-hybridized carbons (Fsp3) is 0. The van der Waals surface area contributed by atoms with Crippen molar-refractivity contribution in [3.63, 3.8) is 0 Å². The van der Waals surface area contributed by atoms with E-state index in [1.54, 1.807) is 6.07 Å². The van der Waals surface area contributed by atoms with Crippen LogP contribution in [-0.2, 0) is 0 Å². The molecule has 0 spiro atoms. The molecule has 1 aromatic heterocycles. The molecule has 0 atom stereocenters. The van der Waals surface area contributed by atoms with Crippen molar-refractivity contribution in [2.75, 3.05) is 5.73 Å². The van der Waals surface area contributed by atoms with E-state index in [9.17, 15) is 4.39 Å². The third kappa shape index (κ3) is 1.71. The lowest BCUT2D eigenvalue weighted by Gasteiger charge is -1.97. The summed E-state index contributed by atoms with van der Waals surface area (Å²) in [6.07, 6.45) is 0. The average molecular weight is 238 g/mol. The molecule has 1 heterocycles. The molecule has 16 heavy (non-hydrogen) atoms. The van der Waals surface area contributed by atoms with Gasteiger partial charge in [-0.2, -0.15) is 10.2 Å². The maximum atomic E-state index is 12.9. The molecule has 0 amide bonds. The fourth-order valence-corrected chi connectivity index (χ4v) is 1.35. The lowest BCUT2D eigenvalue weighted by atomic mass is 10.2. The van der Waals surface area contributed by atoms with Gasteiger partial charge in [-0.25, -0.2) is 4.39 Å². The first-order valence-corrected chi connectivity index (χ1v) is 4.61. The van der Waals surface area contributed by atoms with E-state index in [4.69, 9.17) is 27.0 Å². The van der Waals surface area contributed by atoms with Crippen molar-refractivity contribution in [1.82, 2.24) is 4.98 Å². The summed E-state index contributed by atoms with van der Waals surface area (Å²) in [5.41, 5.74) is 5.85. The van der Waals surface area contributed by atoms with Crippen LogP contribution in [0.1, 0.15) is 5.69 Å². The Labute approximate surface area is 95.1 Å². The number of oxazole rings is 1. The minimum Gasteiger partial charge on any atom is -0.419 e. The highest BCUT2D eigenvalue weighted by Crippen LogP contribution is 2.26. The molecular weight excluding hydrogens is 233 g/mol. The van der Waals surface area contributed by atoms with Gasteiger partial charge in [0.2, 0.25) is 17.5 Å². The van der Waals surface area contributed by atoms with Crippen LogP contribution in [0, 0.1) is 17.1 Å². The van der Waals surface area contributed by atoms with E-state index >= 15 is 0 Å². The third-order valence-corrected chi connectivity index (χ3v) is 2.22. The van der Waals surface area contributed by atoms with Crippen LogP contribution in [0.15, 0.2) is 22.6 Å². The number of nitrogens with zero attached hydrogens (tertiary/aromatic N) is 2. The first-order valence-electron chi connectivity index (χ1n) is 4.23. The summed E-state index contributed by atoms with van der Waals surface area (Å²) in [6.45, 7) is 0. The van der Waals surface area contributed by atoms with Crippen molar-refractivity contribution < 1.29 is 8.81 Å². The Balaban J connectivity index is 2.51. The summed E-state index contributed by atoms with van der Waals surface area (Å²) in [4.78, 5) is 3.84. The molecule has 0 bridgehead atoms. The molecule has 0 saturated carbocycles. The van der Waals surface area contributed by atoms with Gasteiger partial charge in [0, 0.05) is 5.56 Å². The molecule has 2 N–H and O–H groups in total. The number of hydrogen-bond acceptors (Lipinski definition) is 4. The predicted octanol–water partition coefficient (Wildman–Crippen LogP) is 2.59. The molecule has 0 aliphatic rings. The second kappa shape index (κ2) is 3.83. The van der Waals surface area contributed by atoms with Gasteiger partial charge in [-0.15, -0.1) is 0 Å². The molecule has 0 unspecified atom stereocenters. The molecule has 6 heteroatoms. The lowest BCUT2D eigenvalue weighted by Crippen LogP contribution is -1.84. The molecule has 0 aliphatic carbocycles. The topological polar surface area (TPSA) is 75.8 Å². The Morgan fingerprint density at radius 3 is 2.81 bits per heavy atom. The number of nitrogen functional groups attached to an aromatic ring is 1. The third-order valence-electron chi connectivity index (χ3n) is 1.93. The highest BCUT2D eigenvalue weighted by atomic mass is 35.5. The summed E-state index contributed by atoms with van der Waals surface area (Å²) in [5, 5.41) is 8.59. The van der Waals surface area contributed by atoms with Crippen molar-refractivity contribution in [1.29, 1.82) is 5.26 Å². The summed E-state index contributed by atoms with van der Waals surface area (Å²) >= 11 is 5.60. The molecule has 4 nitrogen and oxygen atoms in total. The van der Waals surface area contributed by atoms with Crippen LogP contribution in [0.2, 0.25) is 5.02 Å². The summed E-state index contributed by atoms with van der Waals surface area (Å²) in [7, 11) is 0. The number of rotatable bonds is 1. The molecule has 0 radical (unpaired) electrons. The van der Waals surface area contributed by atoms with Gasteiger partial charge in [0.05, 0.1) is 5.02 Å². The van der Waals surface area contributed by atoms with Gasteiger partial charge in [0.25, 0.3) is 0 Å². The van der Waals surface area contributed by atoms with E-state index < -0.39 is 5.82 Å². The number of benzene rings is 1. The highest BCUT2D eigenvalue weighted by molar-refractivity contribution is 6.31. The van der Waals surface area contributed by atoms with E-state index in [1.165, 1.54) is 18.2 Å². The van der Waals surface area contributed by atoms with Crippen LogP contribution in [0.5, 0.6) is 0 Å². The monoisotopic (exact) mass is 237 g/mol. The summed E-state index contributed by atoms with van der Waals surface area (Å²) < 4.78 is 18.0. The fourth-order valence-electron chi connectivity index (χ4n) is 1.16. The zero-order valence-electron chi connectivity index (χ0n) is 7.87. The van der Waals surface area contributed by atoms with Gasteiger partial charge in [-0.05, 0) is 18.2 Å². The number of anilines is 1. The Morgan fingerprint density at radius 1 is 1.50 bits per heavy atom. The van der Waals surface area contributed by atoms with Crippen molar-refractivity contribution in [2.45, 2.75) is 0 Å². The number of halogens is 2. The number of aromatic nitrogens is 1. The molecule has 1 aromatic carbocycles. The molecular formula is C10H5ClFN3O. The standard InChI is InChI=1S/C10H5ClFN3O/c11-6-3-5(1-2-7(6)12)10-15-8(4-13)9(14)16-10/h1-3H,14H2. The second-order valence-corrected chi connectivity index (χ2v) is 3.38. The van der Waals surface area contributed by atoms with Gasteiger partial charge in [-0.1, -0.05) is 11.6 Å². The van der Waals surface area contributed by atoms with Crippen LogP contribution in [0.3, 0.4) is 0 Å². The van der Waals surface area contributed by atoms with Crippen LogP contribution in [-0.4, -0.2) is 4.98 Å². The maximum absolute atomic E-state index is 12.9. The van der Waals surface area contributed by atoms with Crippen molar-refractivity contribution in [2.24, 2.45) is 0 Å². The van der Waals surface area contributed by atoms with Crippen molar-refractivity contribution >= 4 is 17.5 Å². The Kier molecular flexibility index (Phi) is 2.50. The van der Waals surface area contributed by atoms with Gasteiger partial charge in [0.15, 0.2) is 0 Å². The largest absolute Gasteiger partial charge is 0.419 e. The van der Waals surface area contributed by atoms with E-state index in [0.717, 1.165) is 0 Å². The molecule has 0 fully saturated rings. The molecule has 80 valence electrons. The molecule has 0 saturated heterocycles. The van der Waals surface area contributed by atoms with E-state index in [2.05, 4.69) is 4.98 Å². The van der Waals surface area contributed by atoms with Crippen LogP contribution < -0.4 is 5.73 Å². The predicted molar refractivity (Wildman–Crippen MR) is 56.0 cm³/mol. The molecule has 2 rings (SSSR count). The normalized spacial score (nSPS) is 10.1. The van der Waals surface area contributed by atoms with Crippen molar-refractivity contribution in [3.05, 3.63) is 34.7 Å². The zero-order valence-corrected chi connectivity index (χ0v) is 8.62. The summed E-state index contributed by atoms with van der Waals surface area (Å²) in [5.74, 6) is -0.473.